The topological polar surface area (TPSA) is 26.0 Å². The molecule has 1 aliphatic heterocycles. The highest BCUT2D eigenvalue weighted by molar-refractivity contribution is 8.08. The molecule has 1 nitrogen and oxygen atoms in total. The highest BCUT2D eigenvalue weighted by Crippen LogP contribution is 2.33. The van der Waals surface area contributed by atoms with E-state index in [0.717, 1.165) is 0 Å². The Morgan fingerprint density at radius 1 is 1.55 bits per heavy atom. The summed E-state index contributed by atoms with van der Waals surface area (Å²) in [6.07, 6.45) is 1.18. The smallest absolute Gasteiger partial charge is 0.0870 e. The molecule has 11 heavy (non-hydrogen) atoms. The van der Waals surface area contributed by atoms with Gasteiger partial charge >= 0.3 is 0 Å². The Morgan fingerprint density at radius 2 is 2.18 bits per heavy atom. The third-order valence-corrected chi connectivity index (χ3v) is 5.42. The van der Waals surface area contributed by atoms with Crippen molar-refractivity contribution in [1.82, 2.24) is 0 Å². The molecular weight excluding hydrogens is 194 g/mol. The Bertz CT molecular complexity index is 149. The molecule has 1 rings (SSSR count). The third-order valence-electron chi connectivity index (χ3n) is 1.73. The summed E-state index contributed by atoms with van der Waals surface area (Å²) in [6.45, 7) is 2.20. The number of thioether (sulfide) groups is 2. The van der Waals surface area contributed by atoms with E-state index in [4.69, 9.17) is 18.0 Å². The molecule has 2 N–H and O–H groups in total. The molecule has 1 fully saturated rings. The minimum Gasteiger partial charge on any atom is -0.392 e. The average Bonchev–Trinajstić information content (AvgIpc) is 2.04. The van der Waals surface area contributed by atoms with Crippen LogP contribution in [-0.2, 0) is 0 Å². The normalized spacial score (nSPS) is 31.7. The van der Waals surface area contributed by atoms with Crippen molar-refractivity contribution in [2.75, 3.05) is 11.5 Å². The van der Waals surface area contributed by atoms with Gasteiger partial charge in [-0.25, -0.2) is 0 Å². The minimum atomic E-state index is 0.425. The van der Waals surface area contributed by atoms with Crippen molar-refractivity contribution in [3.05, 3.63) is 0 Å². The molecule has 2 unspecified atom stereocenters. The van der Waals surface area contributed by atoms with Crippen molar-refractivity contribution >= 4 is 40.7 Å². The Labute approximate surface area is 81.9 Å². The van der Waals surface area contributed by atoms with Crippen LogP contribution in [-0.4, -0.2) is 27.0 Å². The molecule has 0 aromatic carbocycles. The largest absolute Gasteiger partial charge is 0.392 e. The van der Waals surface area contributed by atoms with Gasteiger partial charge in [-0.1, -0.05) is 19.1 Å². The van der Waals surface area contributed by atoms with Gasteiger partial charge in [0, 0.05) is 16.8 Å². The lowest BCUT2D eigenvalue weighted by atomic mass is 10.2. The van der Waals surface area contributed by atoms with E-state index in [-0.39, 0.29) is 0 Å². The van der Waals surface area contributed by atoms with Gasteiger partial charge in [0.05, 0.1) is 10.2 Å². The highest BCUT2D eigenvalue weighted by atomic mass is 32.2. The molecule has 0 aliphatic carbocycles. The van der Waals surface area contributed by atoms with Crippen LogP contribution in [0.4, 0.5) is 0 Å². The Kier molecular flexibility index (Phi) is 4.02. The summed E-state index contributed by atoms with van der Waals surface area (Å²) in [5.41, 5.74) is 5.63. The first kappa shape index (κ1) is 9.68. The van der Waals surface area contributed by atoms with Crippen molar-refractivity contribution in [2.24, 2.45) is 5.73 Å². The number of rotatable bonds is 2. The number of thiocarbonyl (C=S) groups is 1. The van der Waals surface area contributed by atoms with Crippen LogP contribution in [0.2, 0.25) is 0 Å². The van der Waals surface area contributed by atoms with Crippen molar-refractivity contribution in [2.45, 2.75) is 23.8 Å². The molecule has 0 aromatic rings. The van der Waals surface area contributed by atoms with Gasteiger partial charge in [0.25, 0.3) is 0 Å². The zero-order chi connectivity index (χ0) is 8.27. The van der Waals surface area contributed by atoms with E-state index in [1.807, 2.05) is 23.5 Å². The second kappa shape index (κ2) is 4.58. The van der Waals surface area contributed by atoms with Crippen LogP contribution < -0.4 is 5.73 Å². The zero-order valence-corrected chi connectivity index (χ0v) is 9.03. The Morgan fingerprint density at radius 3 is 2.64 bits per heavy atom. The molecule has 0 spiro atoms. The first-order valence-corrected chi connectivity index (χ1v) is 6.28. The van der Waals surface area contributed by atoms with Crippen molar-refractivity contribution in [3.8, 4) is 0 Å². The number of hydrogen-bond donors (Lipinski definition) is 1. The van der Waals surface area contributed by atoms with Crippen LogP contribution in [0.5, 0.6) is 0 Å². The van der Waals surface area contributed by atoms with E-state index < -0.39 is 0 Å². The van der Waals surface area contributed by atoms with E-state index in [9.17, 15) is 0 Å². The molecule has 1 aliphatic rings. The van der Waals surface area contributed by atoms with Crippen LogP contribution in [0.1, 0.15) is 13.3 Å². The summed E-state index contributed by atoms with van der Waals surface area (Å²) in [5.74, 6) is 2.45. The van der Waals surface area contributed by atoms with E-state index >= 15 is 0 Å². The maximum Gasteiger partial charge on any atom is 0.0870 e. The van der Waals surface area contributed by atoms with Gasteiger partial charge in [0.1, 0.15) is 0 Å². The molecule has 64 valence electrons. The molecule has 4 heteroatoms. The second-order valence-electron chi connectivity index (χ2n) is 2.51. The molecule has 2 atom stereocenters. The van der Waals surface area contributed by atoms with Crippen LogP contribution in [0.3, 0.4) is 0 Å². The number of nitrogens with two attached hydrogens (primary N) is 1. The Balaban J connectivity index is 2.51. The van der Waals surface area contributed by atoms with Crippen LogP contribution in [0.25, 0.3) is 0 Å². The molecule has 1 heterocycles. The van der Waals surface area contributed by atoms with Crippen LogP contribution in [0.15, 0.2) is 0 Å². The monoisotopic (exact) mass is 207 g/mol. The second-order valence-corrected chi connectivity index (χ2v) is 5.58. The van der Waals surface area contributed by atoms with E-state index in [2.05, 4.69) is 6.92 Å². The van der Waals surface area contributed by atoms with E-state index in [0.29, 0.717) is 15.5 Å². The first-order chi connectivity index (χ1) is 5.25. The molecular formula is C7H13NS3. The highest BCUT2D eigenvalue weighted by Gasteiger charge is 2.26. The molecule has 0 aromatic heterocycles. The lowest BCUT2D eigenvalue weighted by Crippen LogP contribution is -2.36. The molecule has 0 amide bonds. The summed E-state index contributed by atoms with van der Waals surface area (Å²) in [7, 11) is 0. The third kappa shape index (κ3) is 2.53. The van der Waals surface area contributed by atoms with Gasteiger partial charge < -0.3 is 5.73 Å². The minimum absolute atomic E-state index is 0.425. The van der Waals surface area contributed by atoms with Crippen molar-refractivity contribution in [3.63, 3.8) is 0 Å². The quantitative estimate of drug-likeness (QED) is 0.700. The number of hydrogen-bond acceptors (Lipinski definition) is 3. The van der Waals surface area contributed by atoms with Gasteiger partial charge in [-0.3, -0.25) is 0 Å². The van der Waals surface area contributed by atoms with E-state index in [1.165, 1.54) is 17.9 Å². The van der Waals surface area contributed by atoms with E-state index in [1.54, 1.807) is 0 Å². The van der Waals surface area contributed by atoms with Gasteiger partial charge in [-0.15, -0.1) is 11.8 Å². The van der Waals surface area contributed by atoms with Crippen molar-refractivity contribution in [1.29, 1.82) is 0 Å². The van der Waals surface area contributed by atoms with Crippen LogP contribution >= 0.6 is 35.7 Å². The van der Waals surface area contributed by atoms with Gasteiger partial charge in [-0.2, -0.15) is 11.8 Å². The van der Waals surface area contributed by atoms with Gasteiger partial charge in [0.2, 0.25) is 0 Å². The summed E-state index contributed by atoms with van der Waals surface area (Å²) in [4.78, 5) is 0.689. The van der Waals surface area contributed by atoms with Gasteiger partial charge in [0.15, 0.2) is 0 Å². The molecule has 0 saturated carbocycles. The Hall–Kier alpha value is 0.590. The summed E-state index contributed by atoms with van der Waals surface area (Å²) < 4.78 is 0. The molecule has 0 bridgehead atoms. The fraction of sp³-hybridized carbons (Fsp3) is 0.857. The first-order valence-electron chi connectivity index (χ1n) is 3.78. The average molecular weight is 207 g/mol. The predicted molar refractivity (Wildman–Crippen MR) is 59.6 cm³/mol. The maximum atomic E-state index is 5.63. The maximum absolute atomic E-state index is 5.63. The lowest BCUT2D eigenvalue weighted by Gasteiger charge is -2.28. The summed E-state index contributed by atoms with van der Waals surface area (Å²) in [6, 6.07) is 0. The van der Waals surface area contributed by atoms with Crippen molar-refractivity contribution < 1.29 is 0 Å². The van der Waals surface area contributed by atoms with Crippen LogP contribution in [0, 0.1) is 0 Å². The predicted octanol–water partition coefficient (Wildman–Crippen LogP) is 1.90. The summed E-state index contributed by atoms with van der Waals surface area (Å²) in [5, 5.41) is 1.08. The lowest BCUT2D eigenvalue weighted by molar-refractivity contribution is 0.864. The SMILES string of the molecule is CCC1SCCSC1C(N)=S. The molecule has 0 radical (unpaired) electrons. The fourth-order valence-corrected chi connectivity index (χ4v) is 4.55. The van der Waals surface area contributed by atoms with Gasteiger partial charge in [-0.05, 0) is 6.42 Å². The standard InChI is InChI=1S/C7H13NS3/c1-2-5-6(7(8)9)11-4-3-10-5/h5-6H,2-4H2,1H3,(H2,8,9). The fourth-order valence-electron chi connectivity index (χ4n) is 1.17. The molecule has 1 saturated heterocycles. The zero-order valence-electron chi connectivity index (χ0n) is 6.58. The summed E-state index contributed by atoms with van der Waals surface area (Å²) >= 11 is 8.93.